The van der Waals surface area contributed by atoms with Crippen molar-refractivity contribution in [3.63, 3.8) is 0 Å². The topological polar surface area (TPSA) is 37.4 Å². The molecule has 0 spiro atoms. The van der Waals surface area contributed by atoms with Gasteiger partial charge in [-0.1, -0.05) is 0 Å². The average Bonchev–Trinajstić information content (AvgIpc) is 2.46. The molecule has 2 heterocycles. The minimum absolute atomic E-state index is 0.633. The summed E-state index contributed by atoms with van der Waals surface area (Å²) in [5, 5.41) is 3.64. The lowest BCUT2D eigenvalue weighted by atomic mass is 10.0. The highest BCUT2D eigenvalue weighted by atomic mass is 16.5. The SMILES string of the molecule is COc1cc(CNC2CCN(C(C)C)CC2)ccn1. The molecule has 19 heavy (non-hydrogen) atoms. The molecule has 0 aliphatic carbocycles. The summed E-state index contributed by atoms with van der Waals surface area (Å²) in [6, 6.07) is 5.34. The Kier molecular flexibility index (Phi) is 5.16. The van der Waals surface area contributed by atoms with Crippen LogP contribution in [0.1, 0.15) is 32.3 Å². The molecule has 106 valence electrons. The van der Waals surface area contributed by atoms with Gasteiger partial charge in [0.1, 0.15) is 0 Å². The van der Waals surface area contributed by atoms with Crippen molar-refractivity contribution in [1.82, 2.24) is 15.2 Å². The first-order chi connectivity index (χ1) is 9.19. The van der Waals surface area contributed by atoms with Gasteiger partial charge in [-0.15, -0.1) is 0 Å². The number of rotatable bonds is 5. The summed E-state index contributed by atoms with van der Waals surface area (Å²) in [4.78, 5) is 6.67. The zero-order valence-corrected chi connectivity index (χ0v) is 12.2. The molecule has 0 amide bonds. The Bertz CT molecular complexity index is 387. The van der Waals surface area contributed by atoms with Gasteiger partial charge < -0.3 is 15.0 Å². The van der Waals surface area contributed by atoms with Gasteiger partial charge >= 0.3 is 0 Å². The van der Waals surface area contributed by atoms with Gasteiger partial charge in [-0.3, -0.25) is 0 Å². The van der Waals surface area contributed by atoms with Crippen LogP contribution in [0.4, 0.5) is 0 Å². The fourth-order valence-electron chi connectivity index (χ4n) is 2.55. The Balaban J connectivity index is 1.77. The summed E-state index contributed by atoms with van der Waals surface area (Å²) in [5.74, 6) is 0.689. The molecule has 4 nitrogen and oxygen atoms in total. The van der Waals surface area contributed by atoms with Crippen LogP contribution in [0.15, 0.2) is 18.3 Å². The van der Waals surface area contributed by atoms with Crippen molar-refractivity contribution in [2.75, 3.05) is 20.2 Å². The zero-order chi connectivity index (χ0) is 13.7. The maximum atomic E-state index is 5.14. The average molecular weight is 263 g/mol. The van der Waals surface area contributed by atoms with Crippen LogP contribution in [0.5, 0.6) is 5.88 Å². The molecule has 0 bridgehead atoms. The molecular weight excluding hydrogens is 238 g/mol. The Morgan fingerprint density at radius 1 is 1.42 bits per heavy atom. The van der Waals surface area contributed by atoms with Crippen molar-refractivity contribution in [2.45, 2.75) is 45.3 Å². The van der Waals surface area contributed by atoms with Crippen LogP contribution >= 0.6 is 0 Å². The molecule has 1 aliphatic rings. The largest absolute Gasteiger partial charge is 0.481 e. The van der Waals surface area contributed by atoms with Crippen LogP contribution in [0.3, 0.4) is 0 Å². The van der Waals surface area contributed by atoms with Gasteiger partial charge in [0, 0.05) is 30.9 Å². The number of methoxy groups -OCH3 is 1. The first-order valence-electron chi connectivity index (χ1n) is 7.15. The fraction of sp³-hybridized carbons (Fsp3) is 0.667. The molecule has 0 unspecified atom stereocenters. The number of piperidine rings is 1. The summed E-state index contributed by atoms with van der Waals surface area (Å²) in [6.45, 7) is 7.85. The summed E-state index contributed by atoms with van der Waals surface area (Å²) in [7, 11) is 1.65. The predicted molar refractivity (Wildman–Crippen MR) is 77.4 cm³/mol. The van der Waals surface area contributed by atoms with E-state index in [2.05, 4.69) is 29.0 Å². The normalized spacial score (nSPS) is 17.9. The molecular formula is C15H25N3O. The highest BCUT2D eigenvalue weighted by Crippen LogP contribution is 2.14. The number of pyridine rings is 1. The van der Waals surface area contributed by atoms with E-state index in [0.717, 1.165) is 6.54 Å². The van der Waals surface area contributed by atoms with E-state index in [1.807, 2.05) is 12.1 Å². The molecule has 0 atom stereocenters. The van der Waals surface area contributed by atoms with Gasteiger partial charge in [0.15, 0.2) is 0 Å². The third kappa shape index (κ3) is 4.18. The predicted octanol–water partition coefficient (Wildman–Crippen LogP) is 2.05. The van der Waals surface area contributed by atoms with Crippen LogP contribution < -0.4 is 10.1 Å². The first kappa shape index (κ1) is 14.3. The van der Waals surface area contributed by atoms with Gasteiger partial charge in [-0.2, -0.15) is 0 Å². The van der Waals surface area contributed by atoms with E-state index in [1.54, 1.807) is 13.3 Å². The minimum atomic E-state index is 0.633. The second-order valence-corrected chi connectivity index (χ2v) is 5.49. The third-order valence-corrected chi connectivity index (χ3v) is 3.86. The third-order valence-electron chi connectivity index (χ3n) is 3.86. The van der Waals surface area contributed by atoms with Gasteiger partial charge in [0.05, 0.1) is 7.11 Å². The molecule has 1 fully saturated rings. The monoisotopic (exact) mass is 263 g/mol. The number of ether oxygens (including phenoxy) is 1. The zero-order valence-electron chi connectivity index (χ0n) is 12.2. The Morgan fingerprint density at radius 3 is 2.79 bits per heavy atom. The van der Waals surface area contributed by atoms with Gasteiger partial charge in [0.2, 0.25) is 5.88 Å². The molecule has 0 aromatic carbocycles. The lowest BCUT2D eigenvalue weighted by molar-refractivity contribution is 0.161. The van der Waals surface area contributed by atoms with Crippen LogP contribution in [0.25, 0.3) is 0 Å². The van der Waals surface area contributed by atoms with Crippen molar-refractivity contribution < 1.29 is 4.74 Å². The Morgan fingerprint density at radius 2 is 2.16 bits per heavy atom. The van der Waals surface area contributed by atoms with E-state index in [-0.39, 0.29) is 0 Å². The first-order valence-corrected chi connectivity index (χ1v) is 7.15. The van der Waals surface area contributed by atoms with Crippen molar-refractivity contribution in [3.05, 3.63) is 23.9 Å². The van der Waals surface area contributed by atoms with Crippen LogP contribution in [0.2, 0.25) is 0 Å². The highest BCUT2D eigenvalue weighted by molar-refractivity contribution is 5.20. The second kappa shape index (κ2) is 6.87. The molecule has 4 heteroatoms. The number of aromatic nitrogens is 1. The Labute approximate surface area is 116 Å². The fourth-order valence-corrected chi connectivity index (χ4v) is 2.55. The molecule has 2 rings (SSSR count). The van der Waals surface area contributed by atoms with Crippen molar-refractivity contribution in [3.8, 4) is 5.88 Å². The Hall–Kier alpha value is -1.13. The van der Waals surface area contributed by atoms with E-state index < -0.39 is 0 Å². The van der Waals surface area contributed by atoms with E-state index in [9.17, 15) is 0 Å². The van der Waals surface area contributed by atoms with Crippen molar-refractivity contribution in [1.29, 1.82) is 0 Å². The minimum Gasteiger partial charge on any atom is -0.481 e. The molecule has 1 N–H and O–H groups in total. The number of hydrogen-bond donors (Lipinski definition) is 1. The second-order valence-electron chi connectivity index (χ2n) is 5.49. The molecule has 1 aromatic heterocycles. The van der Waals surface area contributed by atoms with Crippen molar-refractivity contribution in [2.24, 2.45) is 0 Å². The number of hydrogen-bond acceptors (Lipinski definition) is 4. The lowest BCUT2D eigenvalue weighted by Crippen LogP contribution is -2.44. The van der Waals surface area contributed by atoms with E-state index in [1.165, 1.54) is 31.5 Å². The van der Waals surface area contributed by atoms with Gasteiger partial charge in [-0.05, 0) is 51.4 Å². The van der Waals surface area contributed by atoms with Gasteiger partial charge in [-0.25, -0.2) is 4.98 Å². The summed E-state index contributed by atoms with van der Waals surface area (Å²) in [6.07, 6.45) is 4.28. The van der Waals surface area contributed by atoms with Crippen LogP contribution in [-0.4, -0.2) is 42.2 Å². The molecule has 1 aliphatic heterocycles. The lowest BCUT2D eigenvalue weighted by Gasteiger charge is -2.35. The summed E-state index contributed by atoms with van der Waals surface area (Å²) >= 11 is 0. The molecule has 1 saturated heterocycles. The number of likely N-dealkylation sites (tertiary alicyclic amines) is 1. The maximum absolute atomic E-state index is 5.14. The van der Waals surface area contributed by atoms with Gasteiger partial charge in [0.25, 0.3) is 0 Å². The van der Waals surface area contributed by atoms with Crippen molar-refractivity contribution >= 4 is 0 Å². The molecule has 0 saturated carbocycles. The van der Waals surface area contributed by atoms with E-state index >= 15 is 0 Å². The summed E-state index contributed by atoms with van der Waals surface area (Å²) < 4.78 is 5.14. The maximum Gasteiger partial charge on any atom is 0.213 e. The highest BCUT2D eigenvalue weighted by Gasteiger charge is 2.20. The number of nitrogens with zero attached hydrogens (tertiary/aromatic N) is 2. The van der Waals surface area contributed by atoms with Crippen LogP contribution in [0, 0.1) is 0 Å². The smallest absolute Gasteiger partial charge is 0.213 e. The van der Waals surface area contributed by atoms with E-state index in [4.69, 9.17) is 4.74 Å². The molecule has 0 radical (unpaired) electrons. The standard InChI is InChI=1S/C15H25N3O/c1-12(2)18-8-5-14(6-9-18)17-11-13-4-7-16-15(10-13)19-3/h4,7,10,12,14,17H,5-6,8-9,11H2,1-3H3. The quantitative estimate of drug-likeness (QED) is 0.882. The van der Waals surface area contributed by atoms with E-state index in [0.29, 0.717) is 18.0 Å². The summed E-state index contributed by atoms with van der Waals surface area (Å²) in [5.41, 5.74) is 1.23. The van der Waals surface area contributed by atoms with Crippen LogP contribution in [-0.2, 0) is 6.54 Å². The molecule has 1 aromatic rings. The number of nitrogens with one attached hydrogen (secondary N) is 1.